The van der Waals surface area contributed by atoms with Gasteiger partial charge >= 0.3 is 0 Å². The summed E-state index contributed by atoms with van der Waals surface area (Å²) in [5, 5.41) is 9.93. The summed E-state index contributed by atoms with van der Waals surface area (Å²) in [7, 11) is 1.41. The van der Waals surface area contributed by atoms with Crippen LogP contribution in [0, 0.1) is 5.82 Å². The van der Waals surface area contributed by atoms with Crippen molar-refractivity contribution in [1.29, 1.82) is 0 Å². The maximum Gasteiger partial charge on any atom is 0.296 e. The Hall–Kier alpha value is -2.74. The minimum absolute atomic E-state index is 0.0684. The Morgan fingerprint density at radius 1 is 1.38 bits per heavy atom. The predicted octanol–water partition coefficient (Wildman–Crippen LogP) is 0.962. The number of carbonyl (C=O) groups is 1. The highest BCUT2D eigenvalue weighted by Gasteiger charge is 2.31. The maximum atomic E-state index is 13.0. The molecule has 128 valence electrons. The van der Waals surface area contributed by atoms with Gasteiger partial charge in [0, 0.05) is 13.6 Å². The molecule has 0 aliphatic rings. The molecule has 3 N–H and O–H groups in total. The molecule has 0 saturated heterocycles. The molecule has 0 spiro atoms. The zero-order valence-electron chi connectivity index (χ0n) is 13.7. The summed E-state index contributed by atoms with van der Waals surface area (Å²) in [4.78, 5) is 29.6. The van der Waals surface area contributed by atoms with Crippen LogP contribution in [0.4, 0.5) is 4.39 Å². The van der Waals surface area contributed by atoms with Gasteiger partial charge in [0.15, 0.2) is 5.69 Å². The second-order valence-corrected chi connectivity index (χ2v) is 6.03. The molecule has 1 amide bonds. The molecular weight excluding hydrogens is 315 g/mol. The smallest absolute Gasteiger partial charge is 0.296 e. The van der Waals surface area contributed by atoms with Crippen LogP contribution in [0.2, 0.25) is 0 Å². The molecule has 0 fully saturated rings. The van der Waals surface area contributed by atoms with E-state index < -0.39 is 28.7 Å². The minimum atomic E-state index is -1.10. The normalized spacial score (nSPS) is 11.4. The van der Waals surface area contributed by atoms with Crippen molar-refractivity contribution < 1.29 is 14.3 Å². The molecule has 2 aromatic rings. The molecule has 0 radical (unpaired) electrons. The Labute approximate surface area is 138 Å². The molecule has 7 nitrogen and oxygen atoms in total. The molecule has 1 heterocycles. The van der Waals surface area contributed by atoms with Gasteiger partial charge in [0.25, 0.3) is 11.5 Å². The molecule has 0 aliphatic heterocycles. The summed E-state index contributed by atoms with van der Waals surface area (Å²) in [6, 6.07) is 5.60. The number of benzene rings is 1. The summed E-state index contributed by atoms with van der Waals surface area (Å²) in [6.45, 7) is 3.28. The summed E-state index contributed by atoms with van der Waals surface area (Å²) >= 11 is 0. The van der Waals surface area contributed by atoms with Gasteiger partial charge in [-0.15, -0.1) is 0 Å². The van der Waals surface area contributed by atoms with Gasteiger partial charge in [-0.25, -0.2) is 9.37 Å². The first kappa shape index (κ1) is 17.6. The summed E-state index contributed by atoms with van der Waals surface area (Å²) in [5.41, 5.74) is 4.49. The summed E-state index contributed by atoms with van der Waals surface area (Å²) < 4.78 is 14.1. The molecule has 0 atom stereocenters. The highest BCUT2D eigenvalue weighted by Crippen LogP contribution is 2.19. The van der Waals surface area contributed by atoms with Crippen LogP contribution < -0.4 is 11.3 Å². The minimum Gasteiger partial charge on any atom is -0.501 e. The summed E-state index contributed by atoms with van der Waals surface area (Å²) in [6.07, 6.45) is 1.15. The maximum absolute atomic E-state index is 13.0. The highest BCUT2D eigenvalue weighted by molar-refractivity contribution is 5.95. The van der Waals surface area contributed by atoms with E-state index in [0.717, 1.165) is 10.9 Å². The number of hydrogen-bond donors (Lipinski definition) is 2. The second-order valence-electron chi connectivity index (χ2n) is 6.03. The molecule has 1 aromatic heterocycles. The van der Waals surface area contributed by atoms with E-state index >= 15 is 0 Å². The molecule has 2 rings (SSSR count). The van der Waals surface area contributed by atoms with Gasteiger partial charge in [-0.1, -0.05) is 12.1 Å². The number of rotatable bonds is 4. The molecule has 0 unspecified atom stereocenters. The third kappa shape index (κ3) is 3.60. The highest BCUT2D eigenvalue weighted by atomic mass is 19.1. The average molecular weight is 334 g/mol. The average Bonchev–Trinajstić information content (AvgIpc) is 2.50. The van der Waals surface area contributed by atoms with Gasteiger partial charge in [0.1, 0.15) is 5.82 Å². The van der Waals surface area contributed by atoms with Crippen LogP contribution in [0.1, 0.15) is 29.9 Å². The number of aromatic nitrogens is 2. The first-order valence-corrected chi connectivity index (χ1v) is 7.21. The third-order valence-electron chi connectivity index (χ3n) is 3.50. The summed E-state index contributed by atoms with van der Waals surface area (Å²) in [5.74, 6) is -1.82. The van der Waals surface area contributed by atoms with Crippen molar-refractivity contribution in [2.75, 3.05) is 0 Å². The SMILES string of the molecule is Cn1cnc(C(=O)N(Cc2ccc(F)cc2)C(C)(C)N)c(O)c1=O. The second kappa shape index (κ2) is 6.40. The quantitative estimate of drug-likeness (QED) is 0.811. The van der Waals surface area contributed by atoms with Crippen molar-refractivity contribution in [2.45, 2.75) is 26.1 Å². The van der Waals surface area contributed by atoms with Crippen LogP contribution >= 0.6 is 0 Å². The van der Waals surface area contributed by atoms with E-state index in [2.05, 4.69) is 4.98 Å². The zero-order chi connectivity index (χ0) is 18.1. The van der Waals surface area contributed by atoms with Crippen molar-refractivity contribution in [3.8, 4) is 5.75 Å². The molecular formula is C16H19FN4O3. The fourth-order valence-electron chi connectivity index (χ4n) is 2.12. The molecule has 0 aliphatic carbocycles. The number of hydrogen-bond acceptors (Lipinski definition) is 5. The van der Waals surface area contributed by atoms with Crippen LogP contribution in [-0.2, 0) is 13.6 Å². The van der Waals surface area contributed by atoms with Crippen LogP contribution in [-0.4, -0.2) is 31.1 Å². The zero-order valence-corrected chi connectivity index (χ0v) is 13.7. The standard InChI is InChI=1S/C16H19FN4O3/c1-16(2,18)21(8-10-4-6-11(17)7-5-10)14(23)12-13(22)15(24)20(3)9-19-12/h4-7,9,22H,8,18H2,1-3H3. The Morgan fingerprint density at radius 2 is 1.96 bits per heavy atom. The van der Waals surface area contributed by atoms with Crippen LogP contribution in [0.25, 0.3) is 0 Å². The Balaban J connectivity index is 2.42. The lowest BCUT2D eigenvalue weighted by atomic mass is 10.1. The van der Waals surface area contributed by atoms with Crippen LogP contribution in [0.15, 0.2) is 35.4 Å². The van der Waals surface area contributed by atoms with E-state index in [1.807, 2.05) is 0 Å². The van der Waals surface area contributed by atoms with Crippen LogP contribution in [0.5, 0.6) is 5.75 Å². The van der Waals surface area contributed by atoms with E-state index in [-0.39, 0.29) is 12.2 Å². The number of carbonyl (C=O) groups excluding carboxylic acids is 1. The van der Waals surface area contributed by atoms with Crippen molar-refractivity contribution >= 4 is 5.91 Å². The van der Waals surface area contributed by atoms with E-state index in [9.17, 15) is 19.1 Å². The van der Waals surface area contributed by atoms with E-state index in [1.54, 1.807) is 13.8 Å². The molecule has 0 bridgehead atoms. The van der Waals surface area contributed by atoms with E-state index in [0.29, 0.717) is 5.56 Å². The van der Waals surface area contributed by atoms with Crippen molar-refractivity contribution in [1.82, 2.24) is 14.5 Å². The van der Waals surface area contributed by atoms with E-state index in [1.165, 1.54) is 36.2 Å². The molecule has 24 heavy (non-hydrogen) atoms. The van der Waals surface area contributed by atoms with Gasteiger partial charge in [-0.2, -0.15) is 0 Å². The predicted molar refractivity (Wildman–Crippen MR) is 85.7 cm³/mol. The molecule has 8 heteroatoms. The van der Waals surface area contributed by atoms with Crippen LogP contribution in [0.3, 0.4) is 0 Å². The van der Waals surface area contributed by atoms with Gasteiger partial charge in [-0.05, 0) is 31.5 Å². The Morgan fingerprint density at radius 3 is 2.50 bits per heavy atom. The largest absolute Gasteiger partial charge is 0.501 e. The Kier molecular flexibility index (Phi) is 4.70. The molecule has 1 aromatic carbocycles. The fourth-order valence-corrected chi connectivity index (χ4v) is 2.12. The van der Waals surface area contributed by atoms with Crippen molar-refractivity contribution in [3.05, 3.63) is 58.0 Å². The Bertz CT molecular complexity index is 810. The topological polar surface area (TPSA) is 101 Å². The number of nitrogens with two attached hydrogens (primary N) is 1. The van der Waals surface area contributed by atoms with Gasteiger partial charge in [0.2, 0.25) is 5.75 Å². The monoisotopic (exact) mass is 334 g/mol. The lowest BCUT2D eigenvalue weighted by Crippen LogP contribution is -2.54. The number of halogens is 1. The lowest BCUT2D eigenvalue weighted by Gasteiger charge is -2.35. The van der Waals surface area contributed by atoms with Crippen molar-refractivity contribution in [2.24, 2.45) is 12.8 Å². The van der Waals surface area contributed by atoms with E-state index in [4.69, 9.17) is 5.73 Å². The first-order chi connectivity index (χ1) is 11.1. The number of nitrogens with zero attached hydrogens (tertiary/aromatic N) is 3. The first-order valence-electron chi connectivity index (χ1n) is 7.21. The fraction of sp³-hybridized carbons (Fsp3) is 0.312. The van der Waals surface area contributed by atoms with Gasteiger partial charge in [-0.3, -0.25) is 14.2 Å². The van der Waals surface area contributed by atoms with Gasteiger partial charge < -0.3 is 15.7 Å². The van der Waals surface area contributed by atoms with Gasteiger partial charge in [0.05, 0.1) is 12.0 Å². The lowest BCUT2D eigenvalue weighted by molar-refractivity contribution is 0.0525. The number of amides is 1. The van der Waals surface area contributed by atoms with Crippen molar-refractivity contribution in [3.63, 3.8) is 0 Å². The number of aryl methyl sites for hydroxylation is 1. The third-order valence-corrected chi connectivity index (χ3v) is 3.50. The number of aromatic hydroxyl groups is 1. The molecule has 0 saturated carbocycles.